The zero-order valence-corrected chi connectivity index (χ0v) is 17.3. The molecule has 3 rings (SSSR count). The molecule has 2 aromatic rings. The summed E-state index contributed by atoms with van der Waals surface area (Å²) in [5.74, 6) is 1.85. The van der Waals surface area contributed by atoms with Gasteiger partial charge in [-0.1, -0.05) is 0 Å². The Hall–Kier alpha value is -1.48. The molecule has 0 N–H and O–H groups in total. The normalized spacial score (nSPS) is 20.6. The maximum absolute atomic E-state index is 12.9. The van der Waals surface area contributed by atoms with E-state index in [4.69, 9.17) is 4.84 Å². The van der Waals surface area contributed by atoms with Gasteiger partial charge in [-0.25, -0.2) is 0 Å². The number of rotatable bonds is 7. The number of carbonyl (C=O) groups excluding carboxylic acids is 1. The molecule has 1 aliphatic heterocycles. The van der Waals surface area contributed by atoms with Crippen LogP contribution in [-0.4, -0.2) is 44.4 Å². The van der Waals surface area contributed by atoms with Crippen LogP contribution < -0.4 is 9.36 Å². The van der Waals surface area contributed by atoms with Crippen molar-refractivity contribution < 1.29 is 14.5 Å². The van der Waals surface area contributed by atoms with Crippen molar-refractivity contribution >= 4 is 38.9 Å². The second kappa shape index (κ2) is 9.45. The van der Waals surface area contributed by atoms with E-state index in [0.717, 1.165) is 12.0 Å². The Morgan fingerprint density at radius 3 is 2.50 bits per heavy atom. The third-order valence-corrected chi connectivity index (χ3v) is 7.47. The van der Waals surface area contributed by atoms with Crippen LogP contribution in [0.1, 0.15) is 18.4 Å². The summed E-state index contributed by atoms with van der Waals surface area (Å²) in [6.07, 6.45) is 1.36. The van der Waals surface area contributed by atoms with Gasteiger partial charge in [0.1, 0.15) is 0 Å². The molecular weight excluding hydrogens is 412 g/mol. The Morgan fingerprint density at radius 1 is 1.19 bits per heavy atom. The van der Waals surface area contributed by atoms with Crippen molar-refractivity contribution in [2.24, 2.45) is 0 Å². The van der Waals surface area contributed by atoms with Gasteiger partial charge in [-0.05, 0) is 0 Å². The van der Waals surface area contributed by atoms with E-state index in [1.165, 1.54) is 9.53 Å². The fraction of sp³-hybridized carbons (Fsp3) is 0.300. The van der Waals surface area contributed by atoms with Crippen molar-refractivity contribution in [3.05, 3.63) is 66.2 Å². The van der Waals surface area contributed by atoms with Gasteiger partial charge in [0.2, 0.25) is 0 Å². The molecule has 1 fully saturated rings. The van der Waals surface area contributed by atoms with Crippen LogP contribution in [0.4, 0.5) is 0 Å². The number of nitrogens with zero attached hydrogens (tertiary/aromatic N) is 1. The van der Waals surface area contributed by atoms with E-state index in [1.807, 2.05) is 48.5 Å². The number of amides is 1. The molecule has 0 aromatic heterocycles. The van der Waals surface area contributed by atoms with Gasteiger partial charge in [0.25, 0.3) is 0 Å². The van der Waals surface area contributed by atoms with Crippen LogP contribution in [0.5, 0.6) is 0 Å². The van der Waals surface area contributed by atoms with E-state index < -0.39 is 7.77 Å². The molecule has 4 nitrogen and oxygen atoms in total. The van der Waals surface area contributed by atoms with Gasteiger partial charge < -0.3 is 0 Å². The first-order valence-electron chi connectivity index (χ1n) is 8.58. The quantitative estimate of drug-likeness (QED) is 0.496. The average Bonchev–Trinajstić information content (AvgIpc) is 2.95. The van der Waals surface area contributed by atoms with Gasteiger partial charge in [0, 0.05) is 0 Å². The Bertz CT molecular complexity index is 750. The number of hydroxylamine groups is 2. The maximum atomic E-state index is 12.9. The van der Waals surface area contributed by atoms with Gasteiger partial charge in [0.15, 0.2) is 0 Å². The van der Waals surface area contributed by atoms with Crippen LogP contribution in [0.3, 0.4) is 0 Å². The molecule has 6 heteroatoms. The summed E-state index contributed by atoms with van der Waals surface area (Å²) in [4.78, 5) is 30.3. The van der Waals surface area contributed by atoms with E-state index in [-0.39, 0.29) is 31.7 Å². The van der Waals surface area contributed by atoms with Crippen LogP contribution >= 0.6 is 7.77 Å². The summed E-state index contributed by atoms with van der Waals surface area (Å²) in [6.45, 7) is 2.05. The molecule has 2 aromatic carbocycles. The second-order valence-electron chi connectivity index (χ2n) is 6.20. The van der Waals surface area contributed by atoms with E-state index in [1.54, 1.807) is 12.5 Å². The number of hydrogen-bond acceptors (Lipinski definition) is 3. The molecule has 0 radical (unpaired) electrons. The fourth-order valence-electron chi connectivity index (χ4n) is 2.88. The SMILES string of the molecule is C[P+]([O-])=CCC1CC([Se]c2ccccc2)C(=O)N1OCc1ccccc1. The zero-order chi connectivity index (χ0) is 18.4. The predicted molar refractivity (Wildman–Crippen MR) is 106 cm³/mol. The van der Waals surface area contributed by atoms with Gasteiger partial charge >= 0.3 is 162 Å². The summed E-state index contributed by atoms with van der Waals surface area (Å²) in [5.41, 5.74) is 1.03. The first-order chi connectivity index (χ1) is 12.6. The van der Waals surface area contributed by atoms with E-state index in [2.05, 4.69) is 12.1 Å². The second-order valence-corrected chi connectivity index (χ2v) is 10.3. The first-order valence-corrected chi connectivity index (χ1v) is 12.2. The summed E-state index contributed by atoms with van der Waals surface area (Å²) in [6, 6.07) is 19.9. The van der Waals surface area contributed by atoms with Crippen LogP contribution in [0.15, 0.2) is 60.7 Å². The van der Waals surface area contributed by atoms with Gasteiger partial charge in [-0.15, -0.1) is 0 Å². The monoisotopic (exact) mass is 435 g/mol. The van der Waals surface area contributed by atoms with Crippen molar-refractivity contribution in [1.29, 1.82) is 0 Å². The van der Waals surface area contributed by atoms with Gasteiger partial charge in [0.05, 0.1) is 0 Å². The molecule has 0 aliphatic carbocycles. The average molecular weight is 434 g/mol. The van der Waals surface area contributed by atoms with E-state index in [9.17, 15) is 9.69 Å². The van der Waals surface area contributed by atoms with Crippen molar-refractivity contribution in [1.82, 2.24) is 5.06 Å². The Morgan fingerprint density at radius 2 is 1.85 bits per heavy atom. The summed E-state index contributed by atoms with van der Waals surface area (Å²) in [7, 11) is -1.33. The first kappa shape index (κ1) is 19.3. The molecule has 136 valence electrons. The number of carbonyl (C=O) groups is 1. The van der Waals surface area contributed by atoms with Crippen LogP contribution in [0.25, 0.3) is 0 Å². The molecular formula is C20H22NO3PSe. The molecule has 0 spiro atoms. The minimum absolute atomic E-state index is 0.0335. The minimum atomic E-state index is -1.33. The zero-order valence-electron chi connectivity index (χ0n) is 14.7. The molecule has 0 bridgehead atoms. The van der Waals surface area contributed by atoms with Crippen LogP contribution in [0, 0.1) is 0 Å². The molecule has 1 aliphatic rings. The van der Waals surface area contributed by atoms with Crippen molar-refractivity contribution in [3.8, 4) is 0 Å². The molecule has 1 saturated heterocycles. The Balaban J connectivity index is 1.70. The number of hydrogen-bond donors (Lipinski definition) is 0. The third kappa shape index (κ3) is 5.26. The van der Waals surface area contributed by atoms with E-state index in [0.29, 0.717) is 13.0 Å². The molecule has 1 amide bonds. The molecule has 1 heterocycles. The van der Waals surface area contributed by atoms with E-state index >= 15 is 0 Å². The molecule has 0 saturated carbocycles. The Labute approximate surface area is 161 Å². The number of benzene rings is 2. The summed E-state index contributed by atoms with van der Waals surface area (Å²) in [5, 5.41) is 1.54. The van der Waals surface area contributed by atoms with Gasteiger partial charge in [-0.2, -0.15) is 0 Å². The third-order valence-electron chi connectivity index (χ3n) is 4.18. The molecule has 3 atom stereocenters. The fourth-order valence-corrected chi connectivity index (χ4v) is 5.86. The van der Waals surface area contributed by atoms with Gasteiger partial charge in [-0.3, -0.25) is 0 Å². The topological polar surface area (TPSA) is 52.6 Å². The standard InChI is InChI=1S/C20H22NO3PSe/c1-25(23)13-12-17-14-19(26-18-10-6-3-7-11-18)20(22)21(17)24-15-16-8-4-2-5-9-16/h2-11,13,17,19H,12,14-15H2,1H3. The predicted octanol–water partition coefficient (Wildman–Crippen LogP) is 2.12. The van der Waals surface area contributed by atoms with Crippen LogP contribution in [0.2, 0.25) is 4.82 Å². The van der Waals surface area contributed by atoms with Crippen LogP contribution in [-0.2, 0) is 16.2 Å². The van der Waals surface area contributed by atoms with Crippen molar-refractivity contribution in [2.75, 3.05) is 6.66 Å². The summed E-state index contributed by atoms with van der Waals surface area (Å²) >= 11 is 0.0653. The Kier molecular flexibility index (Phi) is 7.01. The van der Waals surface area contributed by atoms with Crippen molar-refractivity contribution in [2.45, 2.75) is 30.3 Å². The molecule has 26 heavy (non-hydrogen) atoms. The summed E-state index contributed by atoms with van der Waals surface area (Å²) < 4.78 is 1.22. The van der Waals surface area contributed by atoms with Crippen molar-refractivity contribution in [3.63, 3.8) is 0 Å². The molecule has 3 unspecified atom stereocenters.